The molecule has 3 aromatic rings. The van der Waals surface area contributed by atoms with Gasteiger partial charge in [-0.3, -0.25) is 29.4 Å². The number of benzene rings is 2. The first kappa shape index (κ1) is 40.7. The molecule has 1 aliphatic carbocycles. The van der Waals surface area contributed by atoms with Crippen molar-refractivity contribution >= 4 is 35.0 Å². The predicted octanol–water partition coefficient (Wildman–Crippen LogP) is 4.26. The van der Waals surface area contributed by atoms with Crippen LogP contribution in [0.2, 0.25) is 0 Å². The Morgan fingerprint density at radius 1 is 0.845 bits per heavy atom. The Kier molecular flexibility index (Phi) is 11.5. The van der Waals surface area contributed by atoms with Gasteiger partial charge in [0.05, 0.1) is 18.1 Å². The Morgan fingerprint density at radius 2 is 1.45 bits per heavy atom. The molecular weight excluding hydrogens is 733 g/mol. The fraction of sp³-hybridized carbons (Fsp3) is 0.511. The molecule has 4 amide bonds. The maximum absolute atomic E-state index is 13.6. The number of aryl methyl sites for hydroxylation is 2. The quantitative estimate of drug-likeness (QED) is 0.201. The lowest BCUT2D eigenvalue weighted by atomic mass is 9.49. The zero-order valence-electron chi connectivity index (χ0n) is 34.6. The molecule has 13 nitrogen and oxygen atoms in total. The second kappa shape index (κ2) is 16.4. The predicted molar refractivity (Wildman–Crippen MR) is 223 cm³/mol. The van der Waals surface area contributed by atoms with Gasteiger partial charge in [-0.05, 0) is 86.6 Å². The Morgan fingerprint density at radius 3 is 2.03 bits per heavy atom. The Balaban J connectivity index is 0.837. The summed E-state index contributed by atoms with van der Waals surface area (Å²) < 4.78 is 6.59. The number of hydrogen-bond donors (Lipinski definition) is 3. The maximum atomic E-state index is 13.6. The molecule has 0 unspecified atom stereocenters. The van der Waals surface area contributed by atoms with Crippen LogP contribution in [-0.2, 0) is 9.59 Å². The van der Waals surface area contributed by atoms with Crippen molar-refractivity contribution in [1.29, 1.82) is 0 Å². The minimum absolute atomic E-state index is 0.00703. The van der Waals surface area contributed by atoms with Gasteiger partial charge in [0.2, 0.25) is 17.6 Å². The van der Waals surface area contributed by atoms with Gasteiger partial charge in [-0.15, -0.1) is 6.42 Å². The van der Waals surface area contributed by atoms with Gasteiger partial charge in [0.25, 0.3) is 11.8 Å². The van der Waals surface area contributed by atoms with Gasteiger partial charge in [0, 0.05) is 85.9 Å². The van der Waals surface area contributed by atoms with E-state index in [0.29, 0.717) is 11.5 Å². The van der Waals surface area contributed by atoms with Crippen molar-refractivity contribution in [2.75, 3.05) is 55.6 Å². The number of piperazine rings is 1. The summed E-state index contributed by atoms with van der Waals surface area (Å²) in [4.78, 5) is 65.2. The van der Waals surface area contributed by atoms with Gasteiger partial charge in [0.15, 0.2) is 0 Å². The lowest BCUT2D eigenvalue weighted by Crippen LogP contribution is -2.74. The summed E-state index contributed by atoms with van der Waals surface area (Å²) in [5.41, 5.74) is 5.04. The lowest BCUT2D eigenvalue weighted by Gasteiger charge is -2.63. The number of imide groups is 1. The molecule has 2 aromatic carbocycles. The number of terminal acetylenes is 1. The molecule has 1 aromatic heterocycles. The molecule has 306 valence electrons. The van der Waals surface area contributed by atoms with Gasteiger partial charge in [-0.1, -0.05) is 33.6 Å². The fourth-order valence-corrected chi connectivity index (χ4v) is 9.78. The van der Waals surface area contributed by atoms with Crippen LogP contribution < -0.4 is 30.5 Å². The number of anilines is 2. The summed E-state index contributed by atoms with van der Waals surface area (Å²) in [6.45, 7) is 19.2. The zero-order valence-corrected chi connectivity index (χ0v) is 34.6. The third-order valence-electron chi connectivity index (χ3n) is 12.8. The highest BCUT2D eigenvalue weighted by atomic mass is 16.5. The van der Waals surface area contributed by atoms with Crippen molar-refractivity contribution in [1.82, 2.24) is 30.8 Å². The fourth-order valence-electron chi connectivity index (χ4n) is 9.78. The lowest BCUT2D eigenvalue weighted by molar-refractivity contribution is -0.164. The van der Waals surface area contributed by atoms with Crippen LogP contribution in [0, 0.1) is 42.9 Å². The highest BCUT2D eigenvalue weighted by Crippen LogP contribution is 2.55. The molecule has 7 rings (SSSR count). The SMILES string of the molecule is C#Cc1c(C)cc(OC2C(C)(C)C(NC(=O)c3ccc(N4CCC(CN5CCN(c6cnc(C(=O)N[C@H]7CCC(=O)NC7=O)nc6)CC5)CC4)cc3)C2(C)C)cc1C. The first-order valence-electron chi connectivity index (χ1n) is 20.5. The normalized spacial score (nSPS) is 23.3. The molecule has 0 bridgehead atoms. The number of piperidine rings is 2. The Labute approximate surface area is 341 Å². The molecule has 1 atom stereocenters. The van der Waals surface area contributed by atoms with E-state index in [1.165, 1.54) is 0 Å². The molecule has 0 spiro atoms. The third kappa shape index (κ3) is 8.39. The zero-order chi connectivity index (χ0) is 41.4. The van der Waals surface area contributed by atoms with E-state index in [2.05, 4.69) is 86.4 Å². The molecule has 1 saturated carbocycles. The van der Waals surface area contributed by atoms with Crippen LogP contribution in [0.25, 0.3) is 0 Å². The topological polar surface area (TPSA) is 149 Å². The standard InChI is InChI=1S/C45H56N8O5/c1-8-35-28(2)23-34(24-29(35)3)58-43-44(4,5)42(45(43,6)7)50-39(55)31-9-11-32(12-10-31)52-17-15-30(16-18-52)27-51-19-21-53(22-20-51)33-25-46-38(47-26-33)41(57)48-36-13-14-37(54)49-40(36)56/h1,9-12,23-26,30,36,42-43H,13-22,27H2,2-7H3,(H,48,57)(H,50,55)(H,49,54,56)/t36-,42?,43?/m0/s1. The summed E-state index contributed by atoms with van der Waals surface area (Å²) in [6.07, 6.45) is 11.6. The van der Waals surface area contributed by atoms with Crippen molar-refractivity contribution in [3.05, 3.63) is 76.9 Å². The van der Waals surface area contributed by atoms with Crippen LogP contribution in [0.15, 0.2) is 48.8 Å². The number of hydrogen-bond acceptors (Lipinski definition) is 10. The smallest absolute Gasteiger partial charge is 0.289 e. The minimum Gasteiger partial charge on any atom is -0.489 e. The largest absolute Gasteiger partial charge is 0.489 e. The van der Waals surface area contributed by atoms with Crippen LogP contribution in [-0.4, -0.2) is 102 Å². The monoisotopic (exact) mass is 788 g/mol. The minimum atomic E-state index is -0.769. The summed E-state index contributed by atoms with van der Waals surface area (Å²) in [6, 6.07) is 11.2. The maximum Gasteiger partial charge on any atom is 0.289 e. The number of rotatable bonds is 10. The van der Waals surface area contributed by atoms with Gasteiger partial charge in [0.1, 0.15) is 17.9 Å². The summed E-state index contributed by atoms with van der Waals surface area (Å²) in [5, 5.41) is 8.20. The van der Waals surface area contributed by atoms with E-state index in [1.54, 1.807) is 12.4 Å². The van der Waals surface area contributed by atoms with Gasteiger partial charge < -0.3 is 25.2 Å². The van der Waals surface area contributed by atoms with Crippen LogP contribution >= 0.6 is 0 Å². The molecule has 3 aliphatic heterocycles. The Hall–Kier alpha value is -5.48. The van der Waals surface area contributed by atoms with Crippen molar-refractivity contribution in [2.24, 2.45) is 16.7 Å². The van der Waals surface area contributed by atoms with Crippen molar-refractivity contribution in [3.63, 3.8) is 0 Å². The van der Waals surface area contributed by atoms with Crippen LogP contribution in [0.4, 0.5) is 11.4 Å². The number of amides is 4. The molecule has 3 N–H and O–H groups in total. The molecule has 4 fully saturated rings. The van der Waals surface area contributed by atoms with E-state index in [-0.39, 0.29) is 53.5 Å². The average Bonchev–Trinajstić information content (AvgIpc) is 3.20. The van der Waals surface area contributed by atoms with Crippen molar-refractivity contribution in [2.45, 2.75) is 85.4 Å². The molecule has 4 aliphatic rings. The number of nitrogens with one attached hydrogen (secondary N) is 3. The number of carbonyl (C=O) groups excluding carboxylic acids is 4. The van der Waals surface area contributed by atoms with Gasteiger partial charge >= 0.3 is 0 Å². The first-order chi connectivity index (χ1) is 27.6. The van der Waals surface area contributed by atoms with Crippen LogP contribution in [0.5, 0.6) is 5.75 Å². The molecule has 13 heteroatoms. The highest BCUT2D eigenvalue weighted by Gasteiger charge is 2.64. The van der Waals surface area contributed by atoms with Gasteiger partial charge in [-0.2, -0.15) is 0 Å². The van der Waals surface area contributed by atoms with Crippen LogP contribution in [0.1, 0.15) is 91.0 Å². The second-order valence-corrected chi connectivity index (χ2v) is 17.6. The van der Waals surface area contributed by atoms with E-state index in [0.717, 1.165) is 92.5 Å². The number of ether oxygens (including phenoxy) is 1. The van der Waals surface area contributed by atoms with E-state index >= 15 is 0 Å². The molecular formula is C45H56N8O5. The third-order valence-corrected chi connectivity index (χ3v) is 12.8. The second-order valence-electron chi connectivity index (χ2n) is 17.6. The summed E-state index contributed by atoms with van der Waals surface area (Å²) in [5.74, 6) is 2.74. The summed E-state index contributed by atoms with van der Waals surface area (Å²) >= 11 is 0. The molecule has 3 saturated heterocycles. The van der Waals surface area contributed by atoms with Crippen LogP contribution in [0.3, 0.4) is 0 Å². The number of aromatic nitrogens is 2. The van der Waals surface area contributed by atoms with Crippen molar-refractivity contribution < 1.29 is 23.9 Å². The Bertz CT molecular complexity index is 2040. The molecule has 58 heavy (non-hydrogen) atoms. The number of carbonyl (C=O) groups is 4. The van der Waals surface area contributed by atoms with Crippen molar-refractivity contribution in [3.8, 4) is 18.1 Å². The average molecular weight is 789 g/mol. The van der Waals surface area contributed by atoms with E-state index < -0.39 is 17.9 Å². The highest BCUT2D eigenvalue weighted by molar-refractivity contribution is 6.03. The molecule has 0 radical (unpaired) electrons. The van der Waals surface area contributed by atoms with E-state index in [9.17, 15) is 19.2 Å². The summed E-state index contributed by atoms with van der Waals surface area (Å²) in [7, 11) is 0. The number of nitrogens with zero attached hydrogens (tertiary/aromatic N) is 5. The van der Waals surface area contributed by atoms with E-state index in [1.807, 2.05) is 38.1 Å². The first-order valence-corrected chi connectivity index (χ1v) is 20.5. The molecule has 4 heterocycles. The van der Waals surface area contributed by atoms with Gasteiger partial charge in [-0.25, -0.2) is 9.97 Å². The van der Waals surface area contributed by atoms with E-state index in [4.69, 9.17) is 11.2 Å².